The number of imidazole rings is 1. The minimum Gasteiger partial charge on any atom is -0.480 e. The summed E-state index contributed by atoms with van der Waals surface area (Å²) in [5.41, 5.74) is 2.18. The Hall–Kier alpha value is -4.27. The summed E-state index contributed by atoms with van der Waals surface area (Å²) in [7, 11) is 0. The van der Waals surface area contributed by atoms with Crippen molar-refractivity contribution < 1.29 is 19.4 Å². The van der Waals surface area contributed by atoms with Crippen LogP contribution in [0.1, 0.15) is 17.2 Å². The molecule has 0 atom stereocenters. The van der Waals surface area contributed by atoms with Crippen LogP contribution in [0, 0.1) is 0 Å². The molecule has 4 aromatic rings. The lowest BCUT2D eigenvalue weighted by atomic mass is 10.0. The number of carboxylic acid groups (broad SMARTS) is 1. The number of aliphatic carboxylic acids is 1. The summed E-state index contributed by atoms with van der Waals surface area (Å²) >= 11 is 0. The highest BCUT2D eigenvalue weighted by atomic mass is 16.6. The molecule has 2 aromatic heterocycles. The third-order valence-corrected chi connectivity index (χ3v) is 4.37. The number of anilines is 1. The fraction of sp³-hybridized carbons (Fsp3) is 0.0952. The number of carboxylic acids is 1. The minimum absolute atomic E-state index is 0.114. The SMILES string of the molecule is O=C(O)Cn1cnc2ncnc(NC(=O)OC(c3ccccc3)c3ccccc3)c21. The van der Waals surface area contributed by atoms with Crippen molar-refractivity contribution in [3.63, 3.8) is 0 Å². The molecule has 0 aliphatic carbocycles. The molecule has 4 rings (SSSR count). The van der Waals surface area contributed by atoms with E-state index in [1.807, 2.05) is 60.7 Å². The van der Waals surface area contributed by atoms with Crippen LogP contribution in [0.3, 0.4) is 0 Å². The average molecular weight is 403 g/mol. The number of carbonyl (C=O) groups excluding carboxylic acids is 1. The van der Waals surface area contributed by atoms with E-state index >= 15 is 0 Å². The molecule has 0 aliphatic rings. The number of rotatable bonds is 6. The van der Waals surface area contributed by atoms with Crippen molar-refractivity contribution in [1.82, 2.24) is 19.5 Å². The first kappa shape index (κ1) is 19.1. The van der Waals surface area contributed by atoms with Crippen LogP contribution in [0.4, 0.5) is 10.6 Å². The Morgan fingerprint density at radius 2 is 1.60 bits per heavy atom. The lowest BCUT2D eigenvalue weighted by molar-refractivity contribution is -0.137. The second-order valence-electron chi connectivity index (χ2n) is 6.39. The van der Waals surface area contributed by atoms with Gasteiger partial charge in [-0.05, 0) is 11.1 Å². The van der Waals surface area contributed by atoms with Crippen LogP contribution in [0.25, 0.3) is 11.2 Å². The van der Waals surface area contributed by atoms with Crippen molar-refractivity contribution in [2.24, 2.45) is 0 Å². The first-order chi connectivity index (χ1) is 14.6. The molecule has 1 amide bonds. The van der Waals surface area contributed by atoms with Gasteiger partial charge in [0.15, 0.2) is 17.6 Å². The summed E-state index contributed by atoms with van der Waals surface area (Å²) in [4.78, 5) is 36.0. The summed E-state index contributed by atoms with van der Waals surface area (Å²) < 4.78 is 7.06. The molecule has 2 aromatic carbocycles. The lowest BCUT2D eigenvalue weighted by Crippen LogP contribution is -2.20. The van der Waals surface area contributed by atoms with Crippen LogP contribution in [0.15, 0.2) is 73.3 Å². The zero-order valence-corrected chi connectivity index (χ0v) is 15.7. The van der Waals surface area contributed by atoms with Gasteiger partial charge in [0.2, 0.25) is 0 Å². The van der Waals surface area contributed by atoms with Gasteiger partial charge in [-0.3, -0.25) is 10.1 Å². The normalized spacial score (nSPS) is 10.8. The summed E-state index contributed by atoms with van der Waals surface area (Å²) in [5.74, 6) is -0.941. The number of fused-ring (bicyclic) bond motifs is 1. The Bertz CT molecular complexity index is 1140. The smallest absolute Gasteiger partial charge is 0.413 e. The van der Waals surface area contributed by atoms with E-state index < -0.39 is 18.2 Å². The van der Waals surface area contributed by atoms with Gasteiger partial charge in [-0.15, -0.1) is 0 Å². The van der Waals surface area contributed by atoms with Gasteiger partial charge in [0.1, 0.15) is 18.4 Å². The molecule has 0 aliphatic heterocycles. The predicted octanol–water partition coefficient (Wildman–Crippen LogP) is 3.25. The van der Waals surface area contributed by atoms with Gasteiger partial charge >= 0.3 is 12.1 Å². The Balaban J connectivity index is 1.62. The van der Waals surface area contributed by atoms with Crippen LogP contribution < -0.4 is 5.32 Å². The molecule has 9 heteroatoms. The van der Waals surface area contributed by atoms with E-state index in [0.717, 1.165) is 11.1 Å². The summed E-state index contributed by atoms with van der Waals surface area (Å²) in [6, 6.07) is 18.7. The van der Waals surface area contributed by atoms with Crippen molar-refractivity contribution in [2.75, 3.05) is 5.32 Å². The Morgan fingerprint density at radius 1 is 0.967 bits per heavy atom. The van der Waals surface area contributed by atoms with Gasteiger partial charge < -0.3 is 14.4 Å². The van der Waals surface area contributed by atoms with Gasteiger partial charge in [0.05, 0.1) is 6.33 Å². The Kier molecular flexibility index (Phi) is 5.33. The maximum atomic E-state index is 12.7. The van der Waals surface area contributed by atoms with Crippen LogP contribution in [0.2, 0.25) is 0 Å². The largest absolute Gasteiger partial charge is 0.480 e. The molecular weight excluding hydrogens is 386 g/mol. The average Bonchev–Trinajstić information content (AvgIpc) is 3.16. The van der Waals surface area contributed by atoms with Crippen molar-refractivity contribution in [2.45, 2.75) is 12.6 Å². The van der Waals surface area contributed by atoms with E-state index in [9.17, 15) is 9.59 Å². The molecule has 2 N–H and O–H groups in total. The monoisotopic (exact) mass is 403 g/mol. The third-order valence-electron chi connectivity index (χ3n) is 4.37. The van der Waals surface area contributed by atoms with Crippen molar-refractivity contribution in [3.8, 4) is 0 Å². The Labute approximate surface area is 171 Å². The van der Waals surface area contributed by atoms with Gasteiger partial charge in [0, 0.05) is 0 Å². The predicted molar refractivity (Wildman–Crippen MR) is 108 cm³/mol. The molecular formula is C21H17N5O4. The quantitative estimate of drug-likeness (QED) is 0.507. The zero-order chi connectivity index (χ0) is 20.9. The fourth-order valence-electron chi connectivity index (χ4n) is 3.08. The van der Waals surface area contributed by atoms with Crippen LogP contribution in [-0.2, 0) is 16.1 Å². The lowest BCUT2D eigenvalue weighted by Gasteiger charge is -2.19. The number of amides is 1. The maximum absolute atomic E-state index is 12.7. The van der Waals surface area contributed by atoms with Gasteiger partial charge in [0.25, 0.3) is 0 Å². The van der Waals surface area contributed by atoms with E-state index in [0.29, 0.717) is 5.52 Å². The second-order valence-corrected chi connectivity index (χ2v) is 6.39. The highest BCUT2D eigenvalue weighted by Gasteiger charge is 2.21. The minimum atomic E-state index is -1.06. The molecule has 0 saturated carbocycles. The summed E-state index contributed by atoms with van der Waals surface area (Å²) in [6.07, 6.45) is 1.20. The van der Waals surface area contributed by atoms with Gasteiger partial charge in [-0.2, -0.15) is 0 Å². The number of hydrogen-bond acceptors (Lipinski definition) is 6. The number of ether oxygens (including phenoxy) is 1. The Morgan fingerprint density at radius 3 is 2.20 bits per heavy atom. The number of carbonyl (C=O) groups is 2. The highest BCUT2D eigenvalue weighted by Crippen LogP contribution is 2.27. The number of nitrogens with one attached hydrogen (secondary N) is 1. The van der Waals surface area contributed by atoms with E-state index in [1.165, 1.54) is 17.2 Å². The van der Waals surface area contributed by atoms with Gasteiger partial charge in [-0.1, -0.05) is 60.7 Å². The first-order valence-corrected chi connectivity index (χ1v) is 9.07. The molecule has 2 heterocycles. The van der Waals surface area contributed by atoms with Crippen LogP contribution >= 0.6 is 0 Å². The first-order valence-electron chi connectivity index (χ1n) is 9.07. The zero-order valence-electron chi connectivity index (χ0n) is 15.7. The van der Waals surface area contributed by atoms with E-state index in [2.05, 4.69) is 20.3 Å². The molecule has 30 heavy (non-hydrogen) atoms. The molecule has 0 radical (unpaired) electrons. The summed E-state index contributed by atoms with van der Waals surface area (Å²) in [6.45, 7) is -0.343. The number of nitrogens with zero attached hydrogens (tertiary/aromatic N) is 4. The topological polar surface area (TPSA) is 119 Å². The number of aromatic nitrogens is 4. The number of benzene rings is 2. The summed E-state index contributed by atoms with van der Waals surface area (Å²) in [5, 5.41) is 11.7. The molecule has 0 saturated heterocycles. The van der Waals surface area contributed by atoms with Crippen LogP contribution in [-0.4, -0.2) is 36.7 Å². The van der Waals surface area contributed by atoms with Crippen LogP contribution in [0.5, 0.6) is 0 Å². The van der Waals surface area contributed by atoms with E-state index in [4.69, 9.17) is 9.84 Å². The van der Waals surface area contributed by atoms with Crippen molar-refractivity contribution in [1.29, 1.82) is 0 Å². The standard InChI is InChI=1S/C21H17N5O4/c27-16(28)11-26-13-24-19-17(26)20(23-12-22-19)25-21(29)30-18(14-7-3-1-4-8-14)15-9-5-2-6-10-15/h1-10,12-13,18H,11H2,(H,27,28)(H,22,23,25,29). The van der Waals surface area contributed by atoms with E-state index in [-0.39, 0.29) is 18.0 Å². The molecule has 0 unspecified atom stereocenters. The number of hydrogen-bond donors (Lipinski definition) is 2. The molecule has 9 nitrogen and oxygen atoms in total. The third kappa shape index (κ3) is 4.09. The second kappa shape index (κ2) is 8.39. The van der Waals surface area contributed by atoms with E-state index in [1.54, 1.807) is 0 Å². The van der Waals surface area contributed by atoms with Crippen molar-refractivity contribution in [3.05, 3.63) is 84.4 Å². The molecule has 0 spiro atoms. The van der Waals surface area contributed by atoms with Gasteiger partial charge in [-0.25, -0.2) is 19.7 Å². The molecule has 150 valence electrons. The molecule has 0 fully saturated rings. The fourth-order valence-corrected chi connectivity index (χ4v) is 3.08. The molecule has 0 bridgehead atoms. The van der Waals surface area contributed by atoms with Crippen molar-refractivity contribution >= 4 is 29.0 Å². The highest BCUT2D eigenvalue weighted by molar-refractivity contribution is 5.94. The maximum Gasteiger partial charge on any atom is 0.413 e.